The number of hydrogen-bond donors (Lipinski definition) is 1. The number of carbonyl (C=O) groups excluding carboxylic acids is 1. The standard InChI is InChI=1S/C20H14N4O2/c21-11-14-5-7-15(8-6-14)12-24-13-17(16-3-1-2-4-18(16)24)23-20(25)19-9-10-22-26-19/h1-10,13H,12H2,(H,23,25). The first-order chi connectivity index (χ1) is 12.7. The molecular formula is C20H14N4O2. The van der Waals surface area contributed by atoms with E-state index in [0.29, 0.717) is 17.8 Å². The molecule has 2 aromatic carbocycles. The summed E-state index contributed by atoms with van der Waals surface area (Å²) in [6.07, 6.45) is 3.33. The molecule has 0 radical (unpaired) electrons. The predicted octanol–water partition coefficient (Wildman–Crippen LogP) is 3.80. The number of aromatic nitrogens is 2. The van der Waals surface area contributed by atoms with Crippen molar-refractivity contribution in [2.24, 2.45) is 0 Å². The second-order valence-electron chi connectivity index (χ2n) is 5.83. The van der Waals surface area contributed by atoms with Crippen LogP contribution in [0.4, 0.5) is 5.69 Å². The number of nitriles is 1. The van der Waals surface area contributed by atoms with E-state index in [0.717, 1.165) is 16.5 Å². The number of nitrogens with one attached hydrogen (secondary N) is 1. The van der Waals surface area contributed by atoms with Crippen molar-refractivity contribution in [3.8, 4) is 6.07 Å². The van der Waals surface area contributed by atoms with Crippen LogP contribution in [0.25, 0.3) is 10.9 Å². The maximum absolute atomic E-state index is 12.3. The van der Waals surface area contributed by atoms with Gasteiger partial charge in [0, 0.05) is 24.2 Å². The topological polar surface area (TPSA) is 83.9 Å². The molecule has 26 heavy (non-hydrogen) atoms. The summed E-state index contributed by atoms with van der Waals surface area (Å²) < 4.78 is 6.97. The minimum Gasteiger partial charge on any atom is -0.351 e. The van der Waals surface area contributed by atoms with Crippen molar-refractivity contribution >= 4 is 22.5 Å². The van der Waals surface area contributed by atoms with Gasteiger partial charge in [-0.1, -0.05) is 35.5 Å². The van der Waals surface area contributed by atoms with Gasteiger partial charge in [0.2, 0.25) is 5.76 Å². The highest BCUT2D eigenvalue weighted by atomic mass is 16.5. The average Bonchev–Trinajstić information content (AvgIpc) is 3.32. The van der Waals surface area contributed by atoms with Crippen LogP contribution in [-0.2, 0) is 6.54 Å². The highest BCUT2D eigenvalue weighted by Gasteiger charge is 2.14. The van der Waals surface area contributed by atoms with E-state index in [4.69, 9.17) is 9.78 Å². The zero-order valence-corrected chi connectivity index (χ0v) is 13.7. The molecule has 0 bridgehead atoms. The molecule has 0 aliphatic rings. The van der Waals surface area contributed by atoms with Crippen molar-refractivity contribution in [3.63, 3.8) is 0 Å². The third-order valence-corrected chi connectivity index (χ3v) is 4.13. The quantitative estimate of drug-likeness (QED) is 0.611. The highest BCUT2D eigenvalue weighted by molar-refractivity contribution is 6.07. The number of rotatable bonds is 4. The molecule has 4 aromatic rings. The summed E-state index contributed by atoms with van der Waals surface area (Å²) in [7, 11) is 0. The largest absolute Gasteiger partial charge is 0.351 e. The van der Waals surface area contributed by atoms with E-state index in [2.05, 4.69) is 21.1 Å². The van der Waals surface area contributed by atoms with Crippen LogP contribution in [0.5, 0.6) is 0 Å². The lowest BCUT2D eigenvalue weighted by atomic mass is 10.1. The van der Waals surface area contributed by atoms with Gasteiger partial charge in [-0.25, -0.2) is 0 Å². The fourth-order valence-corrected chi connectivity index (χ4v) is 2.88. The number of anilines is 1. The summed E-state index contributed by atoms with van der Waals surface area (Å²) in [6, 6.07) is 18.9. The number of fused-ring (bicyclic) bond motifs is 1. The normalized spacial score (nSPS) is 10.6. The highest BCUT2D eigenvalue weighted by Crippen LogP contribution is 2.27. The van der Waals surface area contributed by atoms with Crippen LogP contribution in [-0.4, -0.2) is 15.6 Å². The summed E-state index contributed by atoms with van der Waals surface area (Å²) in [6.45, 7) is 0.629. The van der Waals surface area contributed by atoms with Crippen molar-refractivity contribution in [1.82, 2.24) is 9.72 Å². The Kier molecular flexibility index (Phi) is 3.96. The summed E-state index contributed by atoms with van der Waals surface area (Å²) >= 11 is 0. The van der Waals surface area contributed by atoms with E-state index in [1.54, 1.807) is 12.1 Å². The Labute approximate surface area is 149 Å². The van der Waals surface area contributed by atoms with Gasteiger partial charge in [-0.15, -0.1) is 0 Å². The fraction of sp³-hybridized carbons (Fsp3) is 0.0500. The maximum atomic E-state index is 12.3. The third-order valence-electron chi connectivity index (χ3n) is 4.13. The number of hydrogen-bond acceptors (Lipinski definition) is 4. The smallest absolute Gasteiger partial charge is 0.294 e. The second-order valence-corrected chi connectivity index (χ2v) is 5.83. The Morgan fingerprint density at radius 2 is 1.96 bits per heavy atom. The first kappa shape index (κ1) is 15.7. The maximum Gasteiger partial charge on any atom is 0.294 e. The molecule has 0 aliphatic heterocycles. The minimum absolute atomic E-state index is 0.161. The van der Waals surface area contributed by atoms with Gasteiger partial charge >= 0.3 is 0 Å². The molecule has 2 aromatic heterocycles. The van der Waals surface area contributed by atoms with Crippen molar-refractivity contribution in [2.75, 3.05) is 5.32 Å². The van der Waals surface area contributed by atoms with Gasteiger partial charge in [0.1, 0.15) is 0 Å². The van der Waals surface area contributed by atoms with E-state index in [1.165, 1.54) is 12.3 Å². The molecule has 0 saturated carbocycles. The zero-order chi connectivity index (χ0) is 17.9. The van der Waals surface area contributed by atoms with Gasteiger partial charge in [-0.2, -0.15) is 5.26 Å². The lowest BCUT2D eigenvalue weighted by molar-refractivity contribution is 0.0988. The molecule has 6 heteroatoms. The predicted molar refractivity (Wildman–Crippen MR) is 96.7 cm³/mol. The van der Waals surface area contributed by atoms with Gasteiger partial charge in [-0.05, 0) is 23.8 Å². The van der Waals surface area contributed by atoms with Gasteiger partial charge in [-0.3, -0.25) is 4.79 Å². The van der Waals surface area contributed by atoms with Crippen LogP contribution < -0.4 is 5.32 Å². The van der Waals surface area contributed by atoms with Gasteiger partial charge in [0.25, 0.3) is 5.91 Å². The molecule has 6 nitrogen and oxygen atoms in total. The molecule has 2 heterocycles. The van der Waals surface area contributed by atoms with E-state index < -0.39 is 0 Å². The van der Waals surface area contributed by atoms with Crippen LogP contribution >= 0.6 is 0 Å². The molecule has 0 spiro atoms. The summed E-state index contributed by atoms with van der Waals surface area (Å²) in [4.78, 5) is 12.3. The van der Waals surface area contributed by atoms with Crippen LogP contribution in [0, 0.1) is 11.3 Å². The first-order valence-corrected chi connectivity index (χ1v) is 8.03. The number of amides is 1. The SMILES string of the molecule is N#Cc1ccc(Cn2cc(NC(=O)c3ccno3)c3ccccc32)cc1. The molecule has 1 N–H and O–H groups in total. The van der Waals surface area contributed by atoms with Crippen LogP contribution in [0.1, 0.15) is 21.7 Å². The Morgan fingerprint density at radius 3 is 2.69 bits per heavy atom. The molecule has 1 amide bonds. The lowest BCUT2D eigenvalue weighted by Gasteiger charge is -2.05. The lowest BCUT2D eigenvalue weighted by Crippen LogP contribution is -2.10. The van der Waals surface area contributed by atoms with E-state index in [9.17, 15) is 4.79 Å². The van der Waals surface area contributed by atoms with Crippen LogP contribution in [0.3, 0.4) is 0 Å². The Morgan fingerprint density at radius 1 is 1.15 bits per heavy atom. The molecule has 0 aliphatic carbocycles. The van der Waals surface area contributed by atoms with Gasteiger partial charge < -0.3 is 14.4 Å². The molecule has 4 rings (SSSR count). The Balaban J connectivity index is 1.67. The van der Waals surface area contributed by atoms with E-state index >= 15 is 0 Å². The number of para-hydroxylation sites is 1. The second kappa shape index (κ2) is 6.57. The summed E-state index contributed by atoms with van der Waals surface area (Å²) in [5.41, 5.74) is 3.41. The molecule has 0 fully saturated rings. The summed E-state index contributed by atoms with van der Waals surface area (Å²) in [5.74, 6) is -0.183. The van der Waals surface area contributed by atoms with E-state index in [-0.39, 0.29) is 11.7 Å². The van der Waals surface area contributed by atoms with Crippen molar-refractivity contribution < 1.29 is 9.32 Å². The molecule has 0 unspecified atom stereocenters. The minimum atomic E-state index is -0.344. The molecule has 0 atom stereocenters. The number of benzene rings is 2. The number of carbonyl (C=O) groups is 1. The Bertz CT molecular complexity index is 1100. The summed E-state index contributed by atoms with van der Waals surface area (Å²) in [5, 5.41) is 16.3. The van der Waals surface area contributed by atoms with Crippen molar-refractivity contribution in [2.45, 2.75) is 6.54 Å². The van der Waals surface area contributed by atoms with Crippen molar-refractivity contribution in [1.29, 1.82) is 5.26 Å². The van der Waals surface area contributed by atoms with Gasteiger partial charge in [0.05, 0.1) is 29.0 Å². The van der Waals surface area contributed by atoms with E-state index in [1.807, 2.05) is 42.6 Å². The number of nitrogens with zero attached hydrogens (tertiary/aromatic N) is 3. The first-order valence-electron chi connectivity index (χ1n) is 8.03. The monoisotopic (exact) mass is 342 g/mol. The molecule has 0 saturated heterocycles. The Hall–Kier alpha value is -3.85. The van der Waals surface area contributed by atoms with Crippen molar-refractivity contribution in [3.05, 3.63) is 83.9 Å². The van der Waals surface area contributed by atoms with Gasteiger partial charge in [0.15, 0.2) is 0 Å². The fourth-order valence-electron chi connectivity index (χ4n) is 2.88. The third kappa shape index (κ3) is 2.94. The van der Waals surface area contributed by atoms with Crippen LogP contribution in [0.2, 0.25) is 0 Å². The zero-order valence-electron chi connectivity index (χ0n) is 13.7. The molecular weight excluding hydrogens is 328 g/mol. The average molecular weight is 342 g/mol. The molecule has 126 valence electrons. The van der Waals surface area contributed by atoms with Crippen LogP contribution in [0.15, 0.2) is 71.5 Å².